The minimum atomic E-state index is 0.585. The van der Waals surface area contributed by atoms with Crippen LogP contribution in [-0.2, 0) is 0 Å². The van der Waals surface area contributed by atoms with Crippen molar-refractivity contribution in [2.24, 2.45) is 5.41 Å². The first-order chi connectivity index (χ1) is 6.57. The van der Waals surface area contributed by atoms with Crippen LogP contribution in [0.2, 0.25) is 0 Å². The second-order valence-corrected chi connectivity index (χ2v) is 5.66. The largest absolute Gasteiger partial charge is 0.311 e. The van der Waals surface area contributed by atoms with Gasteiger partial charge in [0.25, 0.3) is 0 Å². The van der Waals surface area contributed by atoms with E-state index < -0.39 is 0 Å². The molecule has 0 aliphatic heterocycles. The average molecular weight is 197 g/mol. The Morgan fingerprint density at radius 2 is 2.07 bits per heavy atom. The van der Waals surface area contributed by atoms with Crippen LogP contribution in [0.25, 0.3) is 0 Å². The highest BCUT2D eigenvalue weighted by Gasteiger charge is 2.31. The van der Waals surface area contributed by atoms with E-state index in [1.807, 2.05) is 0 Å². The van der Waals surface area contributed by atoms with Gasteiger partial charge in [0.2, 0.25) is 0 Å². The summed E-state index contributed by atoms with van der Waals surface area (Å²) in [4.78, 5) is 0. The van der Waals surface area contributed by atoms with E-state index in [2.05, 4.69) is 33.0 Å². The summed E-state index contributed by atoms with van der Waals surface area (Å²) < 4.78 is 0. The summed E-state index contributed by atoms with van der Waals surface area (Å²) in [6.45, 7) is 9.38. The van der Waals surface area contributed by atoms with Crippen molar-refractivity contribution in [2.45, 2.75) is 78.3 Å². The van der Waals surface area contributed by atoms with Crippen LogP contribution in [-0.4, -0.2) is 12.1 Å². The van der Waals surface area contributed by atoms with Gasteiger partial charge in [-0.15, -0.1) is 0 Å². The molecule has 0 bridgehead atoms. The Balaban J connectivity index is 2.30. The number of rotatable bonds is 5. The summed E-state index contributed by atoms with van der Waals surface area (Å²) in [6.07, 6.45) is 8.08. The first kappa shape index (κ1) is 12.0. The molecule has 1 heteroatoms. The highest BCUT2D eigenvalue weighted by atomic mass is 15.0. The highest BCUT2D eigenvalue weighted by molar-refractivity contribution is 4.87. The highest BCUT2D eigenvalue weighted by Crippen LogP contribution is 2.37. The molecule has 0 spiro atoms. The molecule has 2 unspecified atom stereocenters. The van der Waals surface area contributed by atoms with Crippen LogP contribution in [0, 0.1) is 5.41 Å². The van der Waals surface area contributed by atoms with Crippen LogP contribution in [0.1, 0.15) is 66.2 Å². The van der Waals surface area contributed by atoms with Crippen LogP contribution in [0.4, 0.5) is 0 Å². The average Bonchev–Trinajstić information content (AvgIpc) is 2.45. The van der Waals surface area contributed by atoms with E-state index in [0.717, 1.165) is 12.1 Å². The molecule has 1 aliphatic rings. The molecule has 1 saturated carbocycles. The first-order valence-electron chi connectivity index (χ1n) is 6.33. The van der Waals surface area contributed by atoms with Crippen LogP contribution in [0.3, 0.4) is 0 Å². The van der Waals surface area contributed by atoms with Crippen molar-refractivity contribution in [2.75, 3.05) is 0 Å². The molecule has 14 heavy (non-hydrogen) atoms. The summed E-state index contributed by atoms with van der Waals surface area (Å²) in [6, 6.07) is 1.56. The monoisotopic (exact) mass is 197 g/mol. The number of hydrogen-bond acceptors (Lipinski definition) is 1. The summed E-state index contributed by atoms with van der Waals surface area (Å²) in [7, 11) is 0. The van der Waals surface area contributed by atoms with Crippen molar-refractivity contribution in [3.05, 3.63) is 0 Å². The van der Waals surface area contributed by atoms with Gasteiger partial charge in [0.15, 0.2) is 0 Å². The summed E-state index contributed by atoms with van der Waals surface area (Å²) >= 11 is 0. The molecule has 0 aromatic carbocycles. The Kier molecular flexibility index (Phi) is 4.43. The van der Waals surface area contributed by atoms with Gasteiger partial charge >= 0.3 is 0 Å². The maximum Gasteiger partial charge on any atom is 0.00749 e. The SMILES string of the molecule is CCCC(CC)NC1CCC(C)(C)C1. The van der Waals surface area contributed by atoms with Crippen molar-refractivity contribution in [1.29, 1.82) is 0 Å². The van der Waals surface area contributed by atoms with Crippen molar-refractivity contribution >= 4 is 0 Å². The summed E-state index contributed by atoms with van der Waals surface area (Å²) in [5.74, 6) is 0. The topological polar surface area (TPSA) is 12.0 Å². The van der Waals surface area contributed by atoms with Crippen LogP contribution in [0.5, 0.6) is 0 Å². The molecule has 1 fully saturated rings. The summed E-state index contributed by atoms with van der Waals surface area (Å²) in [5, 5.41) is 3.82. The lowest BCUT2D eigenvalue weighted by Crippen LogP contribution is -2.36. The lowest BCUT2D eigenvalue weighted by atomic mass is 9.91. The zero-order valence-electron chi connectivity index (χ0n) is 10.4. The van der Waals surface area contributed by atoms with Gasteiger partial charge in [-0.05, 0) is 37.5 Å². The molecule has 0 aromatic heterocycles. The van der Waals surface area contributed by atoms with Gasteiger partial charge in [-0.1, -0.05) is 34.1 Å². The molecule has 0 saturated heterocycles. The van der Waals surface area contributed by atoms with Crippen molar-refractivity contribution < 1.29 is 0 Å². The smallest absolute Gasteiger partial charge is 0.00749 e. The van der Waals surface area contributed by atoms with Gasteiger partial charge in [-0.2, -0.15) is 0 Å². The molecule has 1 nitrogen and oxygen atoms in total. The van der Waals surface area contributed by atoms with E-state index in [9.17, 15) is 0 Å². The van der Waals surface area contributed by atoms with Gasteiger partial charge < -0.3 is 5.32 Å². The number of nitrogens with one attached hydrogen (secondary N) is 1. The molecule has 1 N–H and O–H groups in total. The Morgan fingerprint density at radius 1 is 1.36 bits per heavy atom. The van der Waals surface area contributed by atoms with Crippen LogP contribution < -0.4 is 5.32 Å². The molecule has 84 valence electrons. The second kappa shape index (κ2) is 5.16. The quantitative estimate of drug-likeness (QED) is 0.708. The maximum atomic E-state index is 3.82. The van der Waals surface area contributed by atoms with E-state index in [4.69, 9.17) is 0 Å². The molecule has 0 aromatic rings. The number of hydrogen-bond donors (Lipinski definition) is 1. The molecule has 0 heterocycles. The normalized spacial score (nSPS) is 27.9. The molecule has 0 amide bonds. The van der Waals surface area contributed by atoms with Crippen LogP contribution in [0.15, 0.2) is 0 Å². The molecule has 2 atom stereocenters. The minimum Gasteiger partial charge on any atom is -0.311 e. The fourth-order valence-electron chi connectivity index (χ4n) is 2.67. The Labute approximate surface area is 89.7 Å². The van der Waals surface area contributed by atoms with Crippen LogP contribution >= 0.6 is 0 Å². The van der Waals surface area contributed by atoms with Gasteiger partial charge in [0.1, 0.15) is 0 Å². The molecule has 1 rings (SSSR count). The zero-order chi connectivity index (χ0) is 10.6. The van der Waals surface area contributed by atoms with E-state index in [1.54, 1.807) is 0 Å². The molecular formula is C13H27N. The minimum absolute atomic E-state index is 0.585. The fourth-order valence-corrected chi connectivity index (χ4v) is 2.67. The zero-order valence-corrected chi connectivity index (χ0v) is 10.4. The van der Waals surface area contributed by atoms with E-state index in [0.29, 0.717) is 5.41 Å². The maximum absolute atomic E-state index is 3.82. The molecule has 0 radical (unpaired) electrons. The van der Waals surface area contributed by atoms with E-state index in [1.165, 1.54) is 38.5 Å². The molecule has 1 aliphatic carbocycles. The van der Waals surface area contributed by atoms with Gasteiger partial charge in [0, 0.05) is 12.1 Å². The molecular weight excluding hydrogens is 170 g/mol. The van der Waals surface area contributed by atoms with E-state index >= 15 is 0 Å². The fraction of sp³-hybridized carbons (Fsp3) is 1.00. The second-order valence-electron chi connectivity index (χ2n) is 5.66. The third kappa shape index (κ3) is 3.61. The summed E-state index contributed by atoms with van der Waals surface area (Å²) in [5.41, 5.74) is 0.585. The predicted octanol–water partition coefficient (Wildman–Crippen LogP) is 3.73. The van der Waals surface area contributed by atoms with Gasteiger partial charge in [-0.3, -0.25) is 0 Å². The van der Waals surface area contributed by atoms with Crippen molar-refractivity contribution in [3.63, 3.8) is 0 Å². The Bertz CT molecular complexity index is 163. The Hall–Kier alpha value is -0.0400. The Morgan fingerprint density at radius 3 is 2.50 bits per heavy atom. The van der Waals surface area contributed by atoms with E-state index in [-0.39, 0.29) is 0 Å². The standard InChI is InChI=1S/C13H27N/c1-5-7-11(6-2)14-12-8-9-13(3,4)10-12/h11-12,14H,5-10H2,1-4H3. The predicted molar refractivity (Wildman–Crippen MR) is 63.5 cm³/mol. The lowest BCUT2D eigenvalue weighted by Gasteiger charge is -2.23. The lowest BCUT2D eigenvalue weighted by molar-refractivity contribution is 0.343. The van der Waals surface area contributed by atoms with Crippen molar-refractivity contribution in [3.8, 4) is 0 Å². The van der Waals surface area contributed by atoms with Gasteiger partial charge in [0.05, 0.1) is 0 Å². The third-order valence-electron chi connectivity index (χ3n) is 3.57. The van der Waals surface area contributed by atoms with Crippen molar-refractivity contribution in [1.82, 2.24) is 5.32 Å². The first-order valence-corrected chi connectivity index (χ1v) is 6.33. The van der Waals surface area contributed by atoms with Gasteiger partial charge in [-0.25, -0.2) is 0 Å². The third-order valence-corrected chi connectivity index (χ3v) is 3.57.